The number of fused-ring (bicyclic) bond motifs is 1. The molecule has 2 unspecified atom stereocenters. The Morgan fingerprint density at radius 1 is 0.959 bits per heavy atom. The maximum Gasteiger partial charge on any atom is 0.410 e. The average molecular weight is 690 g/mol. The Morgan fingerprint density at radius 3 is 2.29 bits per heavy atom. The molecule has 3 N–H and O–H groups in total. The molecular weight excluding hydrogens is 646 g/mol. The molecule has 2 amide bonds. The molecule has 0 saturated heterocycles. The minimum absolute atomic E-state index is 0.147. The third-order valence-corrected chi connectivity index (χ3v) is 8.18. The van der Waals surface area contributed by atoms with Crippen molar-refractivity contribution in [3.8, 4) is 0 Å². The van der Waals surface area contributed by atoms with E-state index in [1.165, 1.54) is 0 Å². The average Bonchev–Trinajstić information content (AvgIpc) is 3.07. The van der Waals surface area contributed by atoms with Crippen molar-refractivity contribution >= 4 is 40.5 Å². The van der Waals surface area contributed by atoms with E-state index in [-0.39, 0.29) is 49.5 Å². The van der Waals surface area contributed by atoms with Gasteiger partial charge in [0, 0.05) is 29.6 Å². The summed E-state index contributed by atoms with van der Waals surface area (Å²) >= 11 is 6.34. The van der Waals surface area contributed by atoms with Gasteiger partial charge in [-0.15, -0.1) is 0 Å². The normalized spacial score (nSPS) is 12.5. The number of hydrogen-bond acceptors (Lipinski definition) is 8. The molecule has 0 fully saturated rings. The fourth-order valence-corrected chi connectivity index (χ4v) is 5.61. The molecule has 0 aliphatic carbocycles. The number of esters is 1. The van der Waals surface area contributed by atoms with E-state index >= 15 is 0 Å². The van der Waals surface area contributed by atoms with E-state index < -0.39 is 24.4 Å². The predicted octanol–water partition coefficient (Wildman–Crippen LogP) is 5.85. The largest absolute Gasteiger partial charge is 0.424 e. The van der Waals surface area contributed by atoms with Gasteiger partial charge in [0.05, 0.1) is 30.0 Å². The van der Waals surface area contributed by atoms with E-state index in [1.807, 2.05) is 63.2 Å². The van der Waals surface area contributed by atoms with Crippen LogP contribution in [0, 0.1) is 18.8 Å². The van der Waals surface area contributed by atoms with Gasteiger partial charge >= 0.3 is 12.1 Å². The second-order valence-electron chi connectivity index (χ2n) is 12.6. The first-order valence-electron chi connectivity index (χ1n) is 16.3. The van der Waals surface area contributed by atoms with E-state index in [0.29, 0.717) is 33.7 Å². The second kappa shape index (κ2) is 17.1. The Labute approximate surface area is 291 Å². The molecule has 4 rings (SSSR count). The lowest BCUT2D eigenvalue weighted by Gasteiger charge is -2.35. The Balaban J connectivity index is 1.70. The summed E-state index contributed by atoms with van der Waals surface area (Å²) < 4.78 is 12.1. The number of ether oxygens (including phenoxy) is 2. The lowest BCUT2D eigenvalue weighted by atomic mass is 9.98. The molecule has 12 heteroatoms. The summed E-state index contributed by atoms with van der Waals surface area (Å²) in [6.45, 7) is 9.65. The summed E-state index contributed by atoms with van der Waals surface area (Å²) in [6.07, 6.45) is -1.53. The minimum Gasteiger partial charge on any atom is -0.424 e. The highest BCUT2D eigenvalue weighted by atomic mass is 35.5. The summed E-state index contributed by atoms with van der Waals surface area (Å²) in [5, 5.41) is 3.54. The number of nitrogens with zero attached hydrogens (tertiary/aromatic N) is 3. The van der Waals surface area contributed by atoms with Crippen LogP contribution in [0.25, 0.3) is 10.9 Å². The van der Waals surface area contributed by atoms with Gasteiger partial charge in [0.1, 0.15) is 5.82 Å². The van der Waals surface area contributed by atoms with Crippen LogP contribution < -0.4 is 16.6 Å². The zero-order chi connectivity index (χ0) is 35.7. The summed E-state index contributed by atoms with van der Waals surface area (Å²) in [4.78, 5) is 59.5. The summed E-state index contributed by atoms with van der Waals surface area (Å²) in [6, 6.07) is 21.2. The van der Waals surface area contributed by atoms with Gasteiger partial charge in [-0.2, -0.15) is 0 Å². The first kappa shape index (κ1) is 37.1. The first-order chi connectivity index (χ1) is 23.4. The maximum absolute atomic E-state index is 14.3. The first-order valence-corrected chi connectivity index (χ1v) is 16.7. The highest BCUT2D eigenvalue weighted by Gasteiger charge is 2.33. The highest BCUT2D eigenvalue weighted by Crippen LogP contribution is 2.31. The van der Waals surface area contributed by atoms with Crippen LogP contribution in [0.15, 0.2) is 77.6 Å². The molecule has 0 bridgehead atoms. The van der Waals surface area contributed by atoms with E-state index in [4.69, 9.17) is 31.8 Å². The van der Waals surface area contributed by atoms with E-state index in [9.17, 15) is 19.2 Å². The van der Waals surface area contributed by atoms with Gasteiger partial charge in [-0.3, -0.25) is 19.0 Å². The van der Waals surface area contributed by atoms with Gasteiger partial charge in [0.15, 0.2) is 0 Å². The van der Waals surface area contributed by atoms with Gasteiger partial charge in [0.25, 0.3) is 17.8 Å². The number of nitrogens with two attached hydrogens (primary N) is 1. The number of halogens is 1. The molecule has 3 aromatic carbocycles. The van der Waals surface area contributed by atoms with Crippen molar-refractivity contribution in [2.45, 2.75) is 59.9 Å². The highest BCUT2D eigenvalue weighted by molar-refractivity contribution is 6.31. The molecule has 1 aromatic heterocycles. The van der Waals surface area contributed by atoms with Crippen molar-refractivity contribution in [2.75, 3.05) is 19.6 Å². The Kier molecular flexibility index (Phi) is 12.9. The number of hydrogen-bond donors (Lipinski definition) is 2. The summed E-state index contributed by atoms with van der Waals surface area (Å²) in [5.74, 6) is -0.989. The van der Waals surface area contributed by atoms with Gasteiger partial charge in [-0.25, -0.2) is 9.78 Å². The lowest BCUT2D eigenvalue weighted by Crippen LogP contribution is -2.43. The number of alkyl carbamates (subject to hydrolysis) is 1. The number of nitrogens with one attached hydrogen (secondary N) is 1. The number of benzene rings is 3. The lowest BCUT2D eigenvalue weighted by molar-refractivity contribution is -0.173. The fraction of sp³-hybridized carbons (Fsp3) is 0.378. The van der Waals surface area contributed by atoms with Crippen molar-refractivity contribution in [3.63, 3.8) is 0 Å². The van der Waals surface area contributed by atoms with Crippen LogP contribution in [0.3, 0.4) is 0 Å². The van der Waals surface area contributed by atoms with E-state index in [1.54, 1.807) is 53.6 Å². The van der Waals surface area contributed by atoms with Crippen LogP contribution >= 0.6 is 11.6 Å². The fourth-order valence-electron chi connectivity index (χ4n) is 5.44. The number of aryl methyl sites for hydroxylation is 1. The SMILES string of the molecule is Cc1ccc(C(=O)N(CCCNC(=O)OC(OC(=O)CN)C(C)C)C(c2nc3cc(Cl)ccc3c(=O)n2Cc2ccccc2)C(C)C)cc1. The van der Waals surface area contributed by atoms with Crippen LogP contribution in [-0.4, -0.2) is 58.3 Å². The molecule has 2 atom stereocenters. The molecule has 11 nitrogen and oxygen atoms in total. The zero-order valence-electron chi connectivity index (χ0n) is 28.5. The van der Waals surface area contributed by atoms with Crippen LogP contribution in [0.4, 0.5) is 4.79 Å². The summed E-state index contributed by atoms with van der Waals surface area (Å²) in [5.41, 5.74) is 7.92. The van der Waals surface area contributed by atoms with E-state index in [0.717, 1.165) is 11.1 Å². The van der Waals surface area contributed by atoms with Crippen molar-refractivity contribution < 1.29 is 23.9 Å². The van der Waals surface area contributed by atoms with Gasteiger partial charge in [-0.05, 0) is 55.2 Å². The third kappa shape index (κ3) is 9.67. The van der Waals surface area contributed by atoms with E-state index in [2.05, 4.69) is 5.32 Å². The Hall–Kier alpha value is -4.74. The topological polar surface area (TPSA) is 146 Å². The van der Waals surface area contributed by atoms with Gasteiger partial charge < -0.3 is 25.4 Å². The predicted molar refractivity (Wildman–Crippen MR) is 189 cm³/mol. The number of carbonyl (C=O) groups excluding carboxylic acids is 3. The molecule has 260 valence electrons. The number of aromatic nitrogens is 2. The molecule has 1 heterocycles. The van der Waals surface area contributed by atoms with Crippen LogP contribution in [-0.2, 0) is 20.8 Å². The number of carbonyl (C=O) groups is 3. The van der Waals surface area contributed by atoms with Crippen LogP contribution in [0.2, 0.25) is 5.02 Å². The quantitative estimate of drug-likeness (QED) is 0.0953. The second-order valence-corrected chi connectivity index (χ2v) is 13.0. The maximum atomic E-state index is 14.3. The molecule has 49 heavy (non-hydrogen) atoms. The van der Waals surface area contributed by atoms with Gasteiger partial charge in [0.2, 0.25) is 0 Å². The zero-order valence-corrected chi connectivity index (χ0v) is 29.3. The summed E-state index contributed by atoms with van der Waals surface area (Å²) in [7, 11) is 0. The Morgan fingerprint density at radius 2 is 1.65 bits per heavy atom. The standard InChI is InChI=1S/C37H44ClN5O6/c1-23(2)32(33-41-30-20-28(38)16-17-29(30)35(46)43(33)22-26-10-7-6-8-11-26)42(34(45)27-14-12-25(5)13-15-27)19-9-18-40-37(47)49-36(24(3)4)48-31(44)21-39/h6-8,10-17,20,23-24,32,36H,9,18-19,21-22,39H2,1-5H3,(H,40,47). The molecule has 0 radical (unpaired) electrons. The van der Waals surface area contributed by atoms with Crippen LogP contribution in [0.1, 0.15) is 67.5 Å². The smallest absolute Gasteiger partial charge is 0.410 e. The van der Waals surface area contributed by atoms with Crippen molar-refractivity contribution in [1.29, 1.82) is 0 Å². The Bertz CT molecular complexity index is 1810. The molecular formula is C37H44ClN5O6. The molecule has 4 aromatic rings. The monoisotopic (exact) mass is 689 g/mol. The van der Waals surface area contributed by atoms with Crippen molar-refractivity contribution in [1.82, 2.24) is 19.8 Å². The van der Waals surface area contributed by atoms with Crippen molar-refractivity contribution in [2.24, 2.45) is 17.6 Å². The third-order valence-electron chi connectivity index (χ3n) is 7.95. The molecule has 0 aliphatic heterocycles. The minimum atomic E-state index is -1.10. The van der Waals surface area contributed by atoms with Crippen molar-refractivity contribution in [3.05, 3.63) is 111 Å². The van der Waals surface area contributed by atoms with Crippen LogP contribution in [0.5, 0.6) is 0 Å². The molecule has 0 aliphatic rings. The molecule has 0 saturated carbocycles. The van der Waals surface area contributed by atoms with Gasteiger partial charge in [-0.1, -0.05) is 87.3 Å². The number of amides is 2. The number of rotatable bonds is 14. The molecule has 0 spiro atoms.